The first-order valence-electron chi connectivity index (χ1n) is 7.20. The van der Waals surface area contributed by atoms with Crippen LogP contribution in [0, 0.1) is 20.8 Å². The van der Waals surface area contributed by atoms with Crippen molar-refractivity contribution in [2.45, 2.75) is 33.7 Å². The molecule has 0 bridgehead atoms. The minimum atomic E-state index is 0.678. The summed E-state index contributed by atoms with van der Waals surface area (Å²) in [7, 11) is 0. The maximum Gasteiger partial charge on any atom is 0.243 e. The van der Waals surface area contributed by atoms with E-state index in [1.165, 1.54) is 5.69 Å². The summed E-state index contributed by atoms with van der Waals surface area (Å²) in [5.74, 6) is 0.678. The van der Waals surface area contributed by atoms with E-state index < -0.39 is 0 Å². The lowest BCUT2D eigenvalue weighted by atomic mass is 10.3. The maximum absolute atomic E-state index is 4.50. The molecular formula is C15H20N6. The number of aromatic nitrogens is 5. The first kappa shape index (κ1) is 13.6. The van der Waals surface area contributed by atoms with Crippen LogP contribution in [0.4, 0.5) is 5.95 Å². The van der Waals surface area contributed by atoms with Gasteiger partial charge in [0.05, 0.1) is 5.69 Å². The predicted octanol–water partition coefficient (Wildman–Crippen LogP) is 2.35. The highest BCUT2D eigenvalue weighted by Crippen LogP contribution is 2.10. The molecule has 3 heterocycles. The molecular weight excluding hydrogens is 264 g/mol. The van der Waals surface area contributed by atoms with Crippen LogP contribution in [0.2, 0.25) is 0 Å². The number of pyridine rings is 1. The zero-order chi connectivity index (χ0) is 14.8. The molecule has 6 heteroatoms. The fourth-order valence-corrected chi connectivity index (χ4v) is 2.44. The largest absolute Gasteiger partial charge is 0.353 e. The van der Waals surface area contributed by atoms with Crippen molar-refractivity contribution in [2.24, 2.45) is 0 Å². The van der Waals surface area contributed by atoms with Gasteiger partial charge in [-0.2, -0.15) is 10.1 Å². The zero-order valence-electron chi connectivity index (χ0n) is 12.7. The maximum atomic E-state index is 4.50. The highest BCUT2D eigenvalue weighted by molar-refractivity contribution is 5.49. The Balaban J connectivity index is 1.57. The lowest BCUT2D eigenvalue weighted by Crippen LogP contribution is -2.09. The van der Waals surface area contributed by atoms with Gasteiger partial charge in [0.2, 0.25) is 5.95 Å². The summed E-state index contributed by atoms with van der Waals surface area (Å²) in [4.78, 5) is 4.50. The lowest BCUT2D eigenvalue weighted by Gasteiger charge is -2.04. The van der Waals surface area contributed by atoms with Crippen molar-refractivity contribution in [2.75, 3.05) is 11.9 Å². The van der Waals surface area contributed by atoms with E-state index >= 15 is 0 Å². The molecule has 0 saturated carbocycles. The fraction of sp³-hybridized carbons (Fsp3) is 0.400. The molecule has 0 aliphatic heterocycles. The number of nitrogens with one attached hydrogen (secondary N) is 1. The van der Waals surface area contributed by atoms with Crippen molar-refractivity contribution in [3.05, 3.63) is 41.3 Å². The molecule has 3 aromatic heterocycles. The predicted molar refractivity (Wildman–Crippen MR) is 82.5 cm³/mol. The minimum Gasteiger partial charge on any atom is -0.353 e. The first-order valence-corrected chi connectivity index (χ1v) is 7.20. The average Bonchev–Trinajstić information content (AvgIpc) is 2.99. The molecule has 0 aliphatic carbocycles. The Kier molecular flexibility index (Phi) is 3.60. The van der Waals surface area contributed by atoms with Gasteiger partial charge in [-0.1, -0.05) is 6.07 Å². The van der Waals surface area contributed by atoms with E-state index in [1.54, 1.807) is 4.52 Å². The van der Waals surface area contributed by atoms with Gasteiger partial charge < -0.3 is 5.32 Å². The standard InChI is InChI=1S/C15H20N6/c1-11-6-4-8-21-14(11)17-15(19-21)16-7-5-9-20-13(3)10-12(2)18-20/h4,6,8,10H,5,7,9H2,1-3H3,(H,16,19). The van der Waals surface area contributed by atoms with E-state index in [1.807, 2.05) is 36.9 Å². The van der Waals surface area contributed by atoms with Crippen molar-refractivity contribution < 1.29 is 0 Å². The van der Waals surface area contributed by atoms with Crippen LogP contribution in [0.5, 0.6) is 0 Å². The monoisotopic (exact) mass is 284 g/mol. The Morgan fingerprint density at radius 3 is 2.76 bits per heavy atom. The molecule has 0 unspecified atom stereocenters. The third kappa shape index (κ3) is 2.89. The van der Waals surface area contributed by atoms with Crippen molar-refractivity contribution in [1.29, 1.82) is 0 Å². The van der Waals surface area contributed by atoms with Gasteiger partial charge in [0.1, 0.15) is 0 Å². The van der Waals surface area contributed by atoms with Crippen LogP contribution in [0.15, 0.2) is 24.4 Å². The summed E-state index contributed by atoms with van der Waals surface area (Å²) in [5.41, 5.74) is 4.30. The third-order valence-corrected chi connectivity index (χ3v) is 3.49. The molecule has 21 heavy (non-hydrogen) atoms. The van der Waals surface area contributed by atoms with E-state index in [0.717, 1.165) is 36.4 Å². The molecule has 0 aromatic carbocycles. The van der Waals surface area contributed by atoms with Gasteiger partial charge in [-0.3, -0.25) is 4.68 Å². The van der Waals surface area contributed by atoms with Crippen LogP contribution in [0.25, 0.3) is 5.65 Å². The first-order chi connectivity index (χ1) is 10.1. The van der Waals surface area contributed by atoms with Crippen LogP contribution in [-0.4, -0.2) is 30.9 Å². The summed E-state index contributed by atoms with van der Waals surface area (Å²) >= 11 is 0. The van der Waals surface area contributed by atoms with E-state index in [4.69, 9.17) is 0 Å². The minimum absolute atomic E-state index is 0.678. The van der Waals surface area contributed by atoms with Gasteiger partial charge in [-0.25, -0.2) is 4.52 Å². The summed E-state index contributed by atoms with van der Waals surface area (Å²) in [6.45, 7) is 7.87. The van der Waals surface area contributed by atoms with Crippen molar-refractivity contribution in [3.8, 4) is 0 Å². The molecule has 0 fully saturated rings. The number of fused-ring (bicyclic) bond motifs is 1. The van der Waals surface area contributed by atoms with E-state index in [-0.39, 0.29) is 0 Å². The molecule has 0 saturated heterocycles. The molecule has 0 amide bonds. The van der Waals surface area contributed by atoms with Crippen LogP contribution in [-0.2, 0) is 6.54 Å². The Morgan fingerprint density at radius 1 is 1.19 bits per heavy atom. The number of hydrogen-bond donors (Lipinski definition) is 1. The number of aryl methyl sites for hydroxylation is 4. The van der Waals surface area contributed by atoms with Gasteiger partial charge in [0.15, 0.2) is 5.65 Å². The Morgan fingerprint density at radius 2 is 2.05 bits per heavy atom. The molecule has 3 aromatic rings. The van der Waals surface area contributed by atoms with Crippen LogP contribution >= 0.6 is 0 Å². The average molecular weight is 284 g/mol. The molecule has 110 valence electrons. The lowest BCUT2D eigenvalue weighted by molar-refractivity contribution is 0.573. The van der Waals surface area contributed by atoms with Gasteiger partial charge in [-0.15, -0.1) is 5.10 Å². The van der Waals surface area contributed by atoms with Crippen molar-refractivity contribution in [3.63, 3.8) is 0 Å². The topological polar surface area (TPSA) is 60.0 Å². The quantitative estimate of drug-likeness (QED) is 0.731. The number of hydrogen-bond acceptors (Lipinski definition) is 4. The number of anilines is 1. The van der Waals surface area contributed by atoms with Gasteiger partial charge >= 0.3 is 0 Å². The van der Waals surface area contributed by atoms with Crippen LogP contribution in [0.3, 0.4) is 0 Å². The summed E-state index contributed by atoms with van der Waals surface area (Å²) in [5, 5.41) is 12.1. The van der Waals surface area contributed by atoms with Crippen LogP contribution in [0.1, 0.15) is 23.4 Å². The summed E-state index contributed by atoms with van der Waals surface area (Å²) in [6, 6.07) is 6.11. The SMILES string of the molecule is Cc1cc(C)n(CCCNc2nc3c(C)cccn3n2)n1. The summed E-state index contributed by atoms with van der Waals surface area (Å²) in [6.07, 6.45) is 2.90. The molecule has 6 nitrogen and oxygen atoms in total. The van der Waals surface area contributed by atoms with E-state index in [9.17, 15) is 0 Å². The smallest absolute Gasteiger partial charge is 0.243 e. The highest BCUT2D eigenvalue weighted by atomic mass is 15.3. The molecule has 0 radical (unpaired) electrons. The second-order valence-electron chi connectivity index (χ2n) is 5.33. The third-order valence-electron chi connectivity index (χ3n) is 3.49. The van der Waals surface area contributed by atoms with Gasteiger partial charge in [0.25, 0.3) is 0 Å². The fourth-order valence-electron chi connectivity index (χ4n) is 2.44. The zero-order valence-corrected chi connectivity index (χ0v) is 12.7. The molecule has 0 aliphatic rings. The normalized spacial score (nSPS) is 11.2. The highest BCUT2D eigenvalue weighted by Gasteiger charge is 2.05. The summed E-state index contributed by atoms with van der Waals surface area (Å²) < 4.78 is 3.84. The molecule has 0 atom stereocenters. The second kappa shape index (κ2) is 5.55. The molecule has 0 spiro atoms. The Labute approximate surface area is 123 Å². The molecule has 3 rings (SSSR count). The van der Waals surface area contributed by atoms with Crippen LogP contribution < -0.4 is 5.32 Å². The van der Waals surface area contributed by atoms with Gasteiger partial charge in [0, 0.05) is 25.0 Å². The second-order valence-corrected chi connectivity index (χ2v) is 5.33. The van der Waals surface area contributed by atoms with Gasteiger partial charge in [-0.05, 0) is 44.9 Å². The number of nitrogens with zero attached hydrogens (tertiary/aromatic N) is 5. The van der Waals surface area contributed by atoms with E-state index in [0.29, 0.717) is 5.95 Å². The molecule has 1 N–H and O–H groups in total. The van der Waals surface area contributed by atoms with E-state index in [2.05, 4.69) is 33.5 Å². The van der Waals surface area contributed by atoms with Crippen molar-refractivity contribution in [1.82, 2.24) is 24.4 Å². The Bertz CT molecular complexity index is 755. The number of rotatable bonds is 5. The Hall–Kier alpha value is -2.37. The van der Waals surface area contributed by atoms with Crippen molar-refractivity contribution >= 4 is 11.6 Å².